The molecule has 6 nitrogen and oxygen atoms in total. The van der Waals surface area contributed by atoms with Crippen molar-refractivity contribution in [2.24, 2.45) is 0 Å². The molecule has 1 atom stereocenters. The molecule has 1 amide bonds. The lowest BCUT2D eigenvalue weighted by Gasteiger charge is -2.16. The first-order valence-electron chi connectivity index (χ1n) is 6.99. The highest BCUT2D eigenvalue weighted by molar-refractivity contribution is 5.93. The van der Waals surface area contributed by atoms with E-state index in [1.165, 1.54) is 0 Å². The number of amides is 1. The van der Waals surface area contributed by atoms with E-state index in [-0.39, 0.29) is 17.5 Å². The molecule has 3 rings (SSSR count). The number of imidazole rings is 1. The Morgan fingerprint density at radius 3 is 2.71 bits per heavy atom. The van der Waals surface area contributed by atoms with Crippen LogP contribution >= 0.6 is 0 Å². The summed E-state index contributed by atoms with van der Waals surface area (Å²) in [6.45, 7) is 1.83. The van der Waals surface area contributed by atoms with Crippen molar-refractivity contribution in [3.63, 3.8) is 0 Å². The highest BCUT2D eigenvalue weighted by Gasteiger charge is 2.32. The average molecular weight is 287 g/mol. The SMILES string of the molecule is CNC(=O)C(C)n1c(C2CC2)nc2cc(C(=O)O)ccc21. The standard InChI is InChI=1S/C15H17N3O3/c1-8(14(19)16-2)18-12-6-5-10(15(20)21)7-11(12)17-13(18)9-3-4-9/h5-9H,3-4H2,1-2H3,(H,16,19)(H,20,21). The second-order valence-corrected chi connectivity index (χ2v) is 5.41. The van der Waals surface area contributed by atoms with Gasteiger partial charge in [0.2, 0.25) is 5.91 Å². The van der Waals surface area contributed by atoms with Gasteiger partial charge in [-0.3, -0.25) is 4.79 Å². The fraction of sp³-hybridized carbons (Fsp3) is 0.400. The minimum atomic E-state index is -0.973. The summed E-state index contributed by atoms with van der Waals surface area (Å²) < 4.78 is 1.93. The largest absolute Gasteiger partial charge is 0.478 e. The lowest BCUT2D eigenvalue weighted by Crippen LogP contribution is -2.28. The molecule has 0 spiro atoms. The number of hydrogen-bond donors (Lipinski definition) is 2. The zero-order chi connectivity index (χ0) is 15.1. The number of aromatic nitrogens is 2. The van der Waals surface area contributed by atoms with Gasteiger partial charge in [-0.05, 0) is 38.0 Å². The van der Waals surface area contributed by atoms with Crippen LogP contribution in [0.4, 0.5) is 0 Å². The zero-order valence-corrected chi connectivity index (χ0v) is 12.0. The first-order chi connectivity index (χ1) is 10.0. The van der Waals surface area contributed by atoms with Crippen LogP contribution in [-0.2, 0) is 4.79 Å². The molecule has 21 heavy (non-hydrogen) atoms. The van der Waals surface area contributed by atoms with Gasteiger partial charge in [-0.25, -0.2) is 9.78 Å². The van der Waals surface area contributed by atoms with Gasteiger partial charge in [0.25, 0.3) is 0 Å². The summed E-state index contributed by atoms with van der Waals surface area (Å²) in [5.41, 5.74) is 1.65. The summed E-state index contributed by atoms with van der Waals surface area (Å²) >= 11 is 0. The number of fused-ring (bicyclic) bond motifs is 1. The smallest absolute Gasteiger partial charge is 0.335 e. The number of aromatic carboxylic acids is 1. The molecule has 1 aliphatic rings. The molecule has 1 aliphatic carbocycles. The summed E-state index contributed by atoms with van der Waals surface area (Å²) in [5, 5.41) is 11.7. The van der Waals surface area contributed by atoms with Crippen LogP contribution in [0, 0.1) is 0 Å². The zero-order valence-electron chi connectivity index (χ0n) is 12.0. The van der Waals surface area contributed by atoms with E-state index < -0.39 is 5.97 Å². The van der Waals surface area contributed by atoms with Crippen molar-refractivity contribution in [1.29, 1.82) is 0 Å². The van der Waals surface area contributed by atoms with E-state index in [0.717, 1.165) is 24.2 Å². The number of likely N-dealkylation sites (N-methyl/N-ethyl adjacent to an activating group) is 1. The number of nitrogens with zero attached hydrogens (tertiary/aromatic N) is 2. The molecule has 1 unspecified atom stereocenters. The number of benzene rings is 1. The summed E-state index contributed by atoms with van der Waals surface area (Å²) in [7, 11) is 1.61. The molecule has 110 valence electrons. The van der Waals surface area contributed by atoms with Crippen LogP contribution in [0.5, 0.6) is 0 Å². The molecule has 1 saturated carbocycles. The Balaban J connectivity index is 2.18. The predicted molar refractivity (Wildman–Crippen MR) is 77.4 cm³/mol. The summed E-state index contributed by atoms with van der Waals surface area (Å²) in [4.78, 5) is 27.6. The van der Waals surface area contributed by atoms with Crippen LogP contribution in [0.25, 0.3) is 11.0 Å². The van der Waals surface area contributed by atoms with Crippen molar-refractivity contribution in [1.82, 2.24) is 14.9 Å². The van der Waals surface area contributed by atoms with Crippen LogP contribution in [0.15, 0.2) is 18.2 Å². The van der Waals surface area contributed by atoms with Gasteiger partial charge in [-0.1, -0.05) is 0 Å². The van der Waals surface area contributed by atoms with Gasteiger partial charge in [-0.2, -0.15) is 0 Å². The lowest BCUT2D eigenvalue weighted by atomic mass is 10.2. The Morgan fingerprint density at radius 2 is 2.14 bits per heavy atom. The number of carboxylic acid groups (broad SMARTS) is 1. The van der Waals surface area contributed by atoms with Crippen LogP contribution in [0.1, 0.15) is 47.9 Å². The first-order valence-corrected chi connectivity index (χ1v) is 6.99. The molecule has 0 radical (unpaired) electrons. The highest BCUT2D eigenvalue weighted by Crippen LogP contribution is 2.41. The van der Waals surface area contributed by atoms with Gasteiger partial charge < -0.3 is 15.0 Å². The third-order valence-corrected chi connectivity index (χ3v) is 3.92. The minimum Gasteiger partial charge on any atom is -0.478 e. The van der Waals surface area contributed by atoms with Gasteiger partial charge in [0, 0.05) is 13.0 Å². The van der Waals surface area contributed by atoms with Crippen molar-refractivity contribution in [3.05, 3.63) is 29.6 Å². The monoisotopic (exact) mass is 287 g/mol. The van der Waals surface area contributed by atoms with E-state index in [1.54, 1.807) is 25.2 Å². The molecule has 1 heterocycles. The summed E-state index contributed by atoms with van der Waals surface area (Å²) in [6, 6.07) is 4.48. The van der Waals surface area contributed by atoms with Crippen LogP contribution in [0.3, 0.4) is 0 Å². The first kappa shape index (κ1) is 13.6. The van der Waals surface area contributed by atoms with Crippen molar-refractivity contribution >= 4 is 22.9 Å². The Hall–Kier alpha value is -2.37. The fourth-order valence-corrected chi connectivity index (χ4v) is 2.61. The Kier molecular flexibility index (Phi) is 3.16. The third kappa shape index (κ3) is 2.26. The number of hydrogen-bond acceptors (Lipinski definition) is 3. The van der Waals surface area contributed by atoms with Gasteiger partial charge in [0.05, 0.1) is 16.6 Å². The van der Waals surface area contributed by atoms with Gasteiger partial charge >= 0.3 is 5.97 Å². The number of carbonyl (C=O) groups excluding carboxylic acids is 1. The predicted octanol–water partition coefficient (Wildman–Crippen LogP) is 1.92. The van der Waals surface area contributed by atoms with E-state index in [9.17, 15) is 9.59 Å². The van der Waals surface area contributed by atoms with E-state index >= 15 is 0 Å². The molecule has 0 bridgehead atoms. The molecular weight excluding hydrogens is 270 g/mol. The van der Waals surface area contributed by atoms with E-state index in [4.69, 9.17) is 5.11 Å². The van der Waals surface area contributed by atoms with E-state index in [2.05, 4.69) is 10.3 Å². The molecule has 0 aliphatic heterocycles. The second-order valence-electron chi connectivity index (χ2n) is 5.41. The number of rotatable bonds is 4. The van der Waals surface area contributed by atoms with Crippen molar-refractivity contribution < 1.29 is 14.7 Å². The molecule has 2 N–H and O–H groups in total. The average Bonchev–Trinajstić information content (AvgIpc) is 3.25. The van der Waals surface area contributed by atoms with Gasteiger partial charge in [0.15, 0.2) is 0 Å². The van der Waals surface area contributed by atoms with E-state index in [1.807, 2.05) is 11.5 Å². The van der Waals surface area contributed by atoms with Crippen LogP contribution in [0.2, 0.25) is 0 Å². The Morgan fingerprint density at radius 1 is 1.43 bits per heavy atom. The Bertz CT molecular complexity index is 731. The normalized spacial score (nSPS) is 15.9. The molecule has 1 aromatic heterocycles. The quantitative estimate of drug-likeness (QED) is 0.899. The molecule has 0 saturated heterocycles. The third-order valence-electron chi connectivity index (χ3n) is 3.92. The van der Waals surface area contributed by atoms with Crippen molar-refractivity contribution in [2.75, 3.05) is 7.05 Å². The topological polar surface area (TPSA) is 84.2 Å². The maximum absolute atomic E-state index is 12.0. The summed E-state index contributed by atoms with van der Waals surface area (Å²) in [6.07, 6.45) is 2.13. The second kappa shape index (κ2) is 4.87. The van der Waals surface area contributed by atoms with Crippen LogP contribution < -0.4 is 5.32 Å². The Labute approximate surface area is 121 Å². The van der Waals surface area contributed by atoms with Gasteiger partial charge in [0.1, 0.15) is 11.9 Å². The minimum absolute atomic E-state index is 0.0847. The van der Waals surface area contributed by atoms with Crippen molar-refractivity contribution in [2.45, 2.75) is 31.7 Å². The van der Waals surface area contributed by atoms with Crippen LogP contribution in [-0.4, -0.2) is 33.6 Å². The van der Waals surface area contributed by atoms with Gasteiger partial charge in [-0.15, -0.1) is 0 Å². The maximum Gasteiger partial charge on any atom is 0.335 e. The number of nitrogens with one attached hydrogen (secondary N) is 1. The fourth-order valence-electron chi connectivity index (χ4n) is 2.61. The summed E-state index contributed by atoms with van der Waals surface area (Å²) in [5.74, 6) is 0.193. The lowest BCUT2D eigenvalue weighted by molar-refractivity contribution is -0.123. The molecule has 1 aromatic carbocycles. The molecule has 6 heteroatoms. The molecule has 1 fully saturated rings. The molecule has 2 aromatic rings. The van der Waals surface area contributed by atoms with E-state index in [0.29, 0.717) is 11.4 Å². The maximum atomic E-state index is 12.0. The number of carboxylic acids is 1. The highest BCUT2D eigenvalue weighted by atomic mass is 16.4. The molecular formula is C15H17N3O3. The number of carbonyl (C=O) groups is 2. The van der Waals surface area contributed by atoms with Crippen molar-refractivity contribution in [3.8, 4) is 0 Å².